The van der Waals surface area contributed by atoms with E-state index in [2.05, 4.69) is 10.3 Å². The molecular weight excluding hydrogens is 270 g/mol. The average molecular weight is 287 g/mol. The van der Waals surface area contributed by atoms with Crippen molar-refractivity contribution in [3.8, 4) is 0 Å². The summed E-state index contributed by atoms with van der Waals surface area (Å²) >= 11 is 1.62. The molecule has 0 spiro atoms. The lowest BCUT2D eigenvalue weighted by molar-refractivity contribution is 0.0822. The van der Waals surface area contributed by atoms with Gasteiger partial charge >= 0.3 is 0 Å². The SMILES string of the molecule is Cc1csc(C2(NC(=O)c3cccc(N)c3)CCC2)n1. The van der Waals surface area contributed by atoms with Crippen LogP contribution in [0.15, 0.2) is 29.6 Å². The number of anilines is 1. The van der Waals surface area contributed by atoms with Gasteiger partial charge < -0.3 is 11.1 Å². The maximum absolute atomic E-state index is 12.4. The lowest BCUT2D eigenvalue weighted by Gasteiger charge is -2.40. The van der Waals surface area contributed by atoms with Gasteiger partial charge in [0.1, 0.15) is 5.01 Å². The summed E-state index contributed by atoms with van der Waals surface area (Å²) in [6.45, 7) is 1.98. The highest BCUT2D eigenvalue weighted by atomic mass is 32.1. The number of hydrogen-bond donors (Lipinski definition) is 2. The summed E-state index contributed by atoms with van der Waals surface area (Å²) in [4.78, 5) is 16.9. The minimum Gasteiger partial charge on any atom is -0.399 e. The molecule has 1 aromatic carbocycles. The Balaban J connectivity index is 1.83. The number of nitrogens with one attached hydrogen (secondary N) is 1. The number of nitrogens with zero attached hydrogens (tertiary/aromatic N) is 1. The first-order valence-corrected chi connectivity index (χ1v) is 7.58. The molecule has 1 fully saturated rings. The van der Waals surface area contributed by atoms with Gasteiger partial charge in [-0.3, -0.25) is 4.79 Å². The third-order valence-electron chi connectivity index (χ3n) is 3.74. The molecule has 0 bridgehead atoms. The molecule has 1 amide bonds. The van der Waals surface area contributed by atoms with Gasteiger partial charge in [-0.2, -0.15) is 0 Å². The Morgan fingerprint density at radius 3 is 2.80 bits per heavy atom. The van der Waals surface area contributed by atoms with Crippen molar-refractivity contribution in [2.24, 2.45) is 0 Å². The number of carbonyl (C=O) groups is 1. The van der Waals surface area contributed by atoms with Crippen molar-refractivity contribution in [3.05, 3.63) is 45.9 Å². The molecule has 1 aliphatic rings. The van der Waals surface area contributed by atoms with Crippen LogP contribution >= 0.6 is 11.3 Å². The van der Waals surface area contributed by atoms with Crippen molar-refractivity contribution in [1.82, 2.24) is 10.3 Å². The van der Waals surface area contributed by atoms with E-state index >= 15 is 0 Å². The zero-order valence-electron chi connectivity index (χ0n) is 11.3. The van der Waals surface area contributed by atoms with Crippen LogP contribution in [0.25, 0.3) is 0 Å². The maximum atomic E-state index is 12.4. The van der Waals surface area contributed by atoms with Crippen LogP contribution in [0.5, 0.6) is 0 Å². The van der Waals surface area contributed by atoms with Crippen molar-refractivity contribution in [3.63, 3.8) is 0 Å². The number of rotatable bonds is 3. The fourth-order valence-electron chi connectivity index (χ4n) is 2.47. The third kappa shape index (κ3) is 2.29. The minimum absolute atomic E-state index is 0.0788. The van der Waals surface area contributed by atoms with Gasteiger partial charge in [0.05, 0.1) is 5.54 Å². The Morgan fingerprint density at radius 2 is 2.25 bits per heavy atom. The van der Waals surface area contributed by atoms with Gasteiger partial charge in [0.15, 0.2) is 0 Å². The summed E-state index contributed by atoms with van der Waals surface area (Å²) in [5, 5.41) is 6.20. The number of hydrogen-bond acceptors (Lipinski definition) is 4. The van der Waals surface area contributed by atoms with Crippen molar-refractivity contribution in [2.45, 2.75) is 31.7 Å². The normalized spacial score (nSPS) is 16.4. The zero-order valence-corrected chi connectivity index (χ0v) is 12.2. The van der Waals surface area contributed by atoms with E-state index in [0.29, 0.717) is 11.3 Å². The Hall–Kier alpha value is -1.88. The van der Waals surface area contributed by atoms with E-state index in [1.165, 1.54) is 0 Å². The van der Waals surface area contributed by atoms with Gasteiger partial charge in [-0.05, 0) is 44.4 Å². The summed E-state index contributed by atoms with van der Waals surface area (Å²) < 4.78 is 0. The maximum Gasteiger partial charge on any atom is 0.252 e. The molecule has 3 rings (SSSR count). The van der Waals surface area contributed by atoms with Crippen molar-refractivity contribution in [2.75, 3.05) is 5.73 Å². The van der Waals surface area contributed by atoms with E-state index in [0.717, 1.165) is 30.0 Å². The number of thiazole rings is 1. The van der Waals surface area contributed by atoms with E-state index in [1.54, 1.807) is 35.6 Å². The van der Waals surface area contributed by atoms with Crippen LogP contribution in [0.2, 0.25) is 0 Å². The van der Waals surface area contributed by atoms with Crippen molar-refractivity contribution >= 4 is 22.9 Å². The van der Waals surface area contributed by atoms with Crippen LogP contribution in [-0.4, -0.2) is 10.9 Å². The second-order valence-electron chi connectivity index (χ2n) is 5.31. The molecule has 20 heavy (non-hydrogen) atoms. The molecule has 1 saturated carbocycles. The molecule has 4 nitrogen and oxygen atoms in total. The first-order chi connectivity index (χ1) is 9.59. The summed E-state index contributed by atoms with van der Waals surface area (Å²) in [6.07, 6.45) is 3.03. The van der Waals surface area contributed by atoms with Gasteiger partial charge in [0.2, 0.25) is 0 Å². The predicted octanol–water partition coefficient (Wildman–Crippen LogP) is 2.84. The van der Waals surface area contributed by atoms with Crippen LogP contribution in [0.4, 0.5) is 5.69 Å². The molecule has 1 heterocycles. The first-order valence-electron chi connectivity index (χ1n) is 6.70. The minimum atomic E-state index is -0.277. The monoisotopic (exact) mass is 287 g/mol. The van der Waals surface area contributed by atoms with Gasteiger partial charge in [0.25, 0.3) is 5.91 Å². The lowest BCUT2D eigenvalue weighted by atomic mass is 9.77. The van der Waals surface area contributed by atoms with E-state index in [-0.39, 0.29) is 11.4 Å². The largest absolute Gasteiger partial charge is 0.399 e. The molecule has 104 valence electrons. The van der Waals surface area contributed by atoms with Crippen LogP contribution < -0.4 is 11.1 Å². The van der Waals surface area contributed by atoms with Crippen LogP contribution in [0.1, 0.15) is 40.3 Å². The van der Waals surface area contributed by atoms with Crippen LogP contribution in [0, 0.1) is 6.92 Å². The number of nitrogen functional groups attached to an aromatic ring is 1. The lowest BCUT2D eigenvalue weighted by Crippen LogP contribution is -2.50. The highest BCUT2D eigenvalue weighted by Gasteiger charge is 2.42. The smallest absolute Gasteiger partial charge is 0.252 e. The fourth-order valence-corrected chi connectivity index (χ4v) is 3.48. The molecule has 0 aliphatic heterocycles. The Morgan fingerprint density at radius 1 is 1.45 bits per heavy atom. The average Bonchev–Trinajstić information content (AvgIpc) is 2.80. The first kappa shape index (κ1) is 13.1. The second kappa shape index (κ2) is 4.90. The number of benzene rings is 1. The van der Waals surface area contributed by atoms with Gasteiger partial charge in [0, 0.05) is 22.3 Å². The molecule has 2 aromatic rings. The standard InChI is InChI=1S/C15H17N3OS/c1-10-9-20-14(17-10)15(6-3-7-15)18-13(19)11-4-2-5-12(16)8-11/h2,4-5,8-9H,3,6-7,16H2,1H3,(H,18,19). The molecule has 0 radical (unpaired) electrons. The summed E-state index contributed by atoms with van der Waals surface area (Å²) in [5.41, 5.74) is 7.67. The molecule has 3 N–H and O–H groups in total. The number of carbonyl (C=O) groups excluding carboxylic acids is 1. The quantitative estimate of drug-likeness (QED) is 0.853. The number of aromatic nitrogens is 1. The Kier molecular flexibility index (Phi) is 3.22. The fraction of sp³-hybridized carbons (Fsp3) is 0.333. The van der Waals surface area contributed by atoms with Crippen LogP contribution in [-0.2, 0) is 5.54 Å². The summed E-state index contributed by atoms with van der Waals surface area (Å²) in [5.74, 6) is -0.0788. The zero-order chi connectivity index (χ0) is 14.2. The number of amides is 1. The molecule has 0 saturated heterocycles. The number of nitrogens with two attached hydrogens (primary N) is 1. The second-order valence-corrected chi connectivity index (χ2v) is 6.17. The highest BCUT2D eigenvalue weighted by Crippen LogP contribution is 2.42. The molecule has 5 heteroatoms. The third-order valence-corrected chi connectivity index (χ3v) is 4.90. The number of aryl methyl sites for hydroxylation is 1. The predicted molar refractivity (Wildman–Crippen MR) is 80.7 cm³/mol. The molecule has 0 atom stereocenters. The van der Waals surface area contributed by atoms with Crippen molar-refractivity contribution in [1.29, 1.82) is 0 Å². The molecule has 0 unspecified atom stereocenters. The Labute approximate surface area is 122 Å². The van der Waals surface area contributed by atoms with Gasteiger partial charge in [-0.1, -0.05) is 6.07 Å². The van der Waals surface area contributed by atoms with Crippen LogP contribution in [0.3, 0.4) is 0 Å². The Bertz CT molecular complexity index is 646. The molecule has 1 aliphatic carbocycles. The summed E-state index contributed by atoms with van der Waals surface area (Å²) in [6, 6.07) is 7.06. The van der Waals surface area contributed by atoms with E-state index < -0.39 is 0 Å². The van der Waals surface area contributed by atoms with E-state index in [1.807, 2.05) is 12.3 Å². The highest BCUT2D eigenvalue weighted by molar-refractivity contribution is 7.09. The van der Waals surface area contributed by atoms with Gasteiger partial charge in [-0.25, -0.2) is 4.98 Å². The van der Waals surface area contributed by atoms with Gasteiger partial charge in [-0.15, -0.1) is 11.3 Å². The molecule has 1 aromatic heterocycles. The van der Waals surface area contributed by atoms with E-state index in [9.17, 15) is 4.79 Å². The summed E-state index contributed by atoms with van der Waals surface area (Å²) in [7, 11) is 0. The van der Waals surface area contributed by atoms with Crippen molar-refractivity contribution < 1.29 is 4.79 Å². The molecular formula is C15H17N3OS. The van der Waals surface area contributed by atoms with E-state index in [4.69, 9.17) is 5.73 Å². The topological polar surface area (TPSA) is 68.0 Å².